The van der Waals surface area contributed by atoms with Gasteiger partial charge in [-0.15, -0.1) is 0 Å². The van der Waals surface area contributed by atoms with E-state index in [0.29, 0.717) is 0 Å². The van der Waals surface area contributed by atoms with Crippen molar-refractivity contribution in [3.63, 3.8) is 0 Å². The molecule has 11 nitrogen and oxygen atoms in total. The summed E-state index contributed by atoms with van der Waals surface area (Å²) in [4.78, 5) is 45.8. The van der Waals surface area contributed by atoms with Crippen molar-refractivity contribution in [3.8, 4) is 0 Å². The molecule has 1 aliphatic rings. The Morgan fingerprint density at radius 1 is 1.00 bits per heavy atom. The quantitative estimate of drug-likeness (QED) is 0.314. The van der Waals surface area contributed by atoms with Crippen molar-refractivity contribution in [2.24, 2.45) is 0 Å². The molecule has 1 fully saturated rings. The maximum atomic E-state index is 11.6. The smallest absolute Gasteiger partial charge is 0.305 e. The van der Waals surface area contributed by atoms with E-state index < -0.39 is 60.7 Å². The number of aliphatic hydroxyl groups excluding tert-OH is 1. The Kier molecular flexibility index (Phi) is 8.60. The van der Waals surface area contributed by atoms with Crippen LogP contribution in [-0.4, -0.2) is 72.5 Å². The van der Waals surface area contributed by atoms with Gasteiger partial charge in [-0.1, -0.05) is 0 Å². The Balaban J connectivity index is 3.27. The molecule has 0 aromatic heterocycles. The summed E-state index contributed by atoms with van der Waals surface area (Å²) in [6.07, 6.45) is -6.01. The molecule has 1 heterocycles. The second kappa shape index (κ2) is 10.2. The van der Waals surface area contributed by atoms with Crippen LogP contribution in [0.5, 0.6) is 0 Å². The van der Waals surface area contributed by atoms with E-state index in [0.717, 1.165) is 13.8 Å². The number of carbonyl (C=O) groups excluding carboxylic acids is 4. The standard InChI is InChI=1S/C16H25NO10/c1-7(18)17-13-15(25-10(4)21)14(24-9(3)20)12(6-23-8(2)19)27-16(13)26-11(5)22/h9,12-16,20H,6H2,1-5H3,(H,17,18)/t9?,12-,13-,14+,15-,16-/m1/s1. The maximum absolute atomic E-state index is 11.6. The van der Waals surface area contributed by atoms with E-state index in [1.807, 2.05) is 0 Å². The van der Waals surface area contributed by atoms with E-state index in [2.05, 4.69) is 5.32 Å². The summed E-state index contributed by atoms with van der Waals surface area (Å²) in [5, 5.41) is 12.1. The molecule has 11 heteroatoms. The van der Waals surface area contributed by atoms with Gasteiger partial charge in [0.1, 0.15) is 24.9 Å². The monoisotopic (exact) mass is 391 g/mol. The fourth-order valence-corrected chi connectivity index (χ4v) is 2.61. The fraction of sp³-hybridized carbons (Fsp3) is 0.750. The molecule has 27 heavy (non-hydrogen) atoms. The topological polar surface area (TPSA) is 147 Å². The van der Waals surface area contributed by atoms with E-state index in [4.69, 9.17) is 23.7 Å². The van der Waals surface area contributed by atoms with E-state index in [-0.39, 0.29) is 6.61 Å². The van der Waals surface area contributed by atoms with Crippen molar-refractivity contribution in [1.82, 2.24) is 5.32 Å². The second-order valence-corrected chi connectivity index (χ2v) is 5.96. The Hall–Kier alpha value is -2.24. The van der Waals surface area contributed by atoms with Crippen LogP contribution >= 0.6 is 0 Å². The Morgan fingerprint density at radius 3 is 2.04 bits per heavy atom. The highest BCUT2D eigenvalue weighted by molar-refractivity contribution is 5.74. The van der Waals surface area contributed by atoms with Crippen LogP contribution in [0, 0.1) is 0 Å². The molecule has 2 N–H and O–H groups in total. The second-order valence-electron chi connectivity index (χ2n) is 5.96. The Morgan fingerprint density at radius 2 is 1.59 bits per heavy atom. The third-order valence-electron chi connectivity index (χ3n) is 3.41. The van der Waals surface area contributed by atoms with Crippen LogP contribution in [0.4, 0.5) is 0 Å². The average Bonchev–Trinajstić information content (AvgIpc) is 2.49. The van der Waals surface area contributed by atoms with Crippen molar-refractivity contribution < 1.29 is 48.0 Å². The number of amides is 1. The van der Waals surface area contributed by atoms with Crippen LogP contribution in [0.2, 0.25) is 0 Å². The predicted molar refractivity (Wildman–Crippen MR) is 86.8 cm³/mol. The maximum Gasteiger partial charge on any atom is 0.305 e. The number of carbonyl (C=O) groups is 4. The third kappa shape index (κ3) is 7.49. The van der Waals surface area contributed by atoms with Gasteiger partial charge in [0.25, 0.3) is 0 Å². The van der Waals surface area contributed by atoms with Crippen LogP contribution in [0.25, 0.3) is 0 Å². The number of hydrogen-bond donors (Lipinski definition) is 2. The van der Waals surface area contributed by atoms with Crippen LogP contribution in [0.3, 0.4) is 0 Å². The van der Waals surface area contributed by atoms with Gasteiger partial charge in [-0.3, -0.25) is 19.2 Å². The lowest BCUT2D eigenvalue weighted by molar-refractivity contribution is -0.292. The lowest BCUT2D eigenvalue weighted by atomic mass is 9.96. The molecule has 1 rings (SSSR count). The minimum Gasteiger partial charge on any atom is -0.463 e. The molecule has 6 atom stereocenters. The summed E-state index contributed by atoms with van der Waals surface area (Å²) in [6.45, 7) is 5.66. The van der Waals surface area contributed by atoms with E-state index >= 15 is 0 Å². The number of rotatable bonds is 7. The SMILES string of the molecule is CC(=O)N[C@H]1[C@H](OC(C)=O)O[C@H](COC(C)=O)[C@H](OC(C)O)[C@@H]1OC(C)=O. The summed E-state index contributed by atoms with van der Waals surface area (Å²) >= 11 is 0. The largest absolute Gasteiger partial charge is 0.463 e. The molecule has 0 bridgehead atoms. The zero-order valence-corrected chi connectivity index (χ0v) is 15.8. The van der Waals surface area contributed by atoms with Gasteiger partial charge in [-0.25, -0.2) is 0 Å². The predicted octanol–water partition coefficient (Wildman–Crippen LogP) is -1.00. The van der Waals surface area contributed by atoms with Crippen LogP contribution in [0.1, 0.15) is 34.6 Å². The Bertz CT molecular complexity index is 563. The molecular weight excluding hydrogens is 366 g/mol. The van der Waals surface area contributed by atoms with Crippen molar-refractivity contribution >= 4 is 23.8 Å². The van der Waals surface area contributed by atoms with Crippen LogP contribution in [0.15, 0.2) is 0 Å². The number of aliphatic hydroxyl groups is 1. The van der Waals surface area contributed by atoms with Crippen LogP contribution in [-0.2, 0) is 42.9 Å². The summed E-state index contributed by atoms with van der Waals surface area (Å²) in [7, 11) is 0. The molecule has 0 radical (unpaired) electrons. The first-order valence-electron chi connectivity index (χ1n) is 8.25. The summed E-state index contributed by atoms with van der Waals surface area (Å²) in [5.41, 5.74) is 0. The minimum atomic E-state index is -1.34. The minimum absolute atomic E-state index is 0.324. The van der Waals surface area contributed by atoms with Gasteiger partial charge in [0.15, 0.2) is 12.4 Å². The summed E-state index contributed by atoms with van der Waals surface area (Å²) in [5.74, 6) is -2.53. The van der Waals surface area contributed by atoms with Gasteiger partial charge in [0.2, 0.25) is 12.2 Å². The van der Waals surface area contributed by atoms with E-state index in [1.165, 1.54) is 20.8 Å². The molecule has 0 spiro atoms. The first-order valence-corrected chi connectivity index (χ1v) is 8.25. The van der Waals surface area contributed by atoms with Gasteiger partial charge in [-0.05, 0) is 6.92 Å². The van der Waals surface area contributed by atoms with Gasteiger partial charge in [0, 0.05) is 27.7 Å². The first kappa shape index (κ1) is 22.8. The lowest BCUT2D eigenvalue weighted by Crippen LogP contribution is -2.66. The average molecular weight is 391 g/mol. The zero-order valence-electron chi connectivity index (χ0n) is 15.8. The molecular formula is C16H25NO10. The third-order valence-corrected chi connectivity index (χ3v) is 3.41. The molecule has 0 aromatic carbocycles. The van der Waals surface area contributed by atoms with E-state index in [9.17, 15) is 24.3 Å². The lowest BCUT2D eigenvalue weighted by Gasteiger charge is -2.45. The fourth-order valence-electron chi connectivity index (χ4n) is 2.61. The molecule has 1 aliphatic heterocycles. The molecule has 0 aromatic rings. The molecule has 1 amide bonds. The highest BCUT2D eigenvalue weighted by atomic mass is 16.7. The number of nitrogens with one attached hydrogen (secondary N) is 1. The Labute approximate surface area is 156 Å². The molecule has 1 saturated heterocycles. The van der Waals surface area contributed by atoms with Crippen LogP contribution < -0.4 is 5.32 Å². The highest BCUT2D eigenvalue weighted by Crippen LogP contribution is 2.28. The number of ether oxygens (including phenoxy) is 5. The zero-order chi connectivity index (χ0) is 20.7. The first-order chi connectivity index (χ1) is 12.5. The summed E-state index contributed by atoms with van der Waals surface area (Å²) < 4.78 is 26.3. The molecule has 1 unspecified atom stereocenters. The normalized spacial score (nSPS) is 28.6. The van der Waals surface area contributed by atoms with Gasteiger partial charge in [-0.2, -0.15) is 0 Å². The van der Waals surface area contributed by atoms with Crippen molar-refractivity contribution in [2.45, 2.75) is 71.6 Å². The van der Waals surface area contributed by atoms with Gasteiger partial charge >= 0.3 is 17.9 Å². The highest BCUT2D eigenvalue weighted by Gasteiger charge is 2.51. The molecule has 154 valence electrons. The summed E-state index contributed by atoms with van der Waals surface area (Å²) in [6, 6.07) is -1.12. The van der Waals surface area contributed by atoms with Gasteiger partial charge < -0.3 is 34.1 Å². The van der Waals surface area contributed by atoms with E-state index in [1.54, 1.807) is 0 Å². The molecule has 0 saturated carbocycles. The van der Waals surface area contributed by atoms with Crippen molar-refractivity contribution in [3.05, 3.63) is 0 Å². The van der Waals surface area contributed by atoms with Crippen molar-refractivity contribution in [1.29, 1.82) is 0 Å². The van der Waals surface area contributed by atoms with Crippen molar-refractivity contribution in [2.75, 3.05) is 6.61 Å². The molecule has 0 aliphatic carbocycles. The number of hydrogen-bond acceptors (Lipinski definition) is 10. The number of esters is 3. The van der Waals surface area contributed by atoms with Gasteiger partial charge in [0.05, 0.1) is 0 Å².